The number of rotatable bonds is 12. The van der Waals surface area contributed by atoms with E-state index in [9.17, 15) is 4.79 Å². The highest BCUT2D eigenvalue weighted by Gasteiger charge is 2.30. The Balaban J connectivity index is 2.33. The average Bonchev–Trinajstić information content (AvgIpc) is 2.58. The first kappa shape index (κ1) is 24.7. The van der Waals surface area contributed by atoms with E-state index in [0.29, 0.717) is 49.1 Å². The summed E-state index contributed by atoms with van der Waals surface area (Å²) in [5.74, 6) is 0.809. The largest absolute Gasteiger partial charge is 0.471 e. The van der Waals surface area contributed by atoms with Gasteiger partial charge in [0.1, 0.15) is 0 Å². The number of nitrogens with one attached hydrogen (secondary N) is 1. The number of allylic oxidation sites excluding steroid dienone is 2. The maximum absolute atomic E-state index is 11.0. The van der Waals surface area contributed by atoms with Crippen LogP contribution in [-0.2, 0) is 18.5 Å². The summed E-state index contributed by atoms with van der Waals surface area (Å²) < 4.78 is 17.3. The van der Waals surface area contributed by atoms with Crippen molar-refractivity contribution in [1.29, 1.82) is 0 Å². The van der Waals surface area contributed by atoms with Crippen LogP contribution >= 0.6 is 12.0 Å². The van der Waals surface area contributed by atoms with Crippen molar-refractivity contribution >= 4 is 23.2 Å². The van der Waals surface area contributed by atoms with E-state index >= 15 is 0 Å². The van der Waals surface area contributed by atoms with Crippen molar-refractivity contribution in [3.8, 4) is 0 Å². The van der Waals surface area contributed by atoms with Crippen molar-refractivity contribution in [1.82, 2.24) is 5.32 Å². The second-order valence-electron chi connectivity index (χ2n) is 7.44. The minimum atomic E-state index is -0.0362. The molecule has 0 aromatic carbocycles. The van der Waals surface area contributed by atoms with E-state index in [4.69, 9.17) is 19.4 Å². The van der Waals surface area contributed by atoms with Crippen molar-refractivity contribution in [2.75, 3.05) is 26.4 Å². The van der Waals surface area contributed by atoms with Crippen LogP contribution < -0.4 is 11.1 Å². The Morgan fingerprint density at radius 3 is 2.64 bits per heavy atom. The number of hydrogen-bond donors (Lipinski definition) is 2. The molecule has 0 unspecified atom stereocenters. The number of nitrogens with zero attached hydrogens (tertiary/aromatic N) is 1. The molecule has 160 valence electrons. The zero-order valence-electron chi connectivity index (χ0n) is 17.5. The first-order chi connectivity index (χ1) is 13.3. The van der Waals surface area contributed by atoms with Crippen LogP contribution in [0.2, 0.25) is 0 Å². The smallest absolute Gasteiger partial charge is 0.278 e. The maximum atomic E-state index is 11.0. The van der Waals surface area contributed by atoms with E-state index in [1.54, 1.807) is 12.2 Å². The summed E-state index contributed by atoms with van der Waals surface area (Å²) in [6.45, 7) is 13.3. The maximum Gasteiger partial charge on any atom is 0.278 e. The number of carbonyl (C=O) groups excluding carboxylic acids is 1. The summed E-state index contributed by atoms with van der Waals surface area (Å²) >= 11 is 1.15. The van der Waals surface area contributed by atoms with Gasteiger partial charge in [0, 0.05) is 19.5 Å². The third-order valence-electron chi connectivity index (χ3n) is 3.95. The van der Waals surface area contributed by atoms with Crippen molar-refractivity contribution in [3.05, 3.63) is 24.4 Å². The van der Waals surface area contributed by atoms with Crippen LogP contribution in [0.3, 0.4) is 0 Å². The molecule has 1 aliphatic carbocycles. The van der Waals surface area contributed by atoms with Gasteiger partial charge in [-0.1, -0.05) is 26.5 Å². The third kappa shape index (κ3) is 10.8. The monoisotopic (exact) mass is 413 g/mol. The Morgan fingerprint density at radius 1 is 1.36 bits per heavy atom. The second-order valence-corrected chi connectivity index (χ2v) is 8.19. The molecule has 0 aromatic rings. The van der Waals surface area contributed by atoms with Crippen LogP contribution in [0.25, 0.3) is 0 Å². The molecule has 28 heavy (non-hydrogen) atoms. The standard InChI is InChI=1S/C20H35N3O4S/c1-6-7-18(10-21)23-20(26-11-14(2)3)28-27-13-17-8-19(9-17)25-12-15(4)22-16(5)24/h6-7,14-15,17,19H,1,8-13,21H2,2-5H3,(H,22,24)/b18-7+,23-20-/t15-,17-,19-/m0/s1. The van der Waals surface area contributed by atoms with Crippen LogP contribution in [0, 0.1) is 11.8 Å². The van der Waals surface area contributed by atoms with E-state index in [-0.39, 0.29) is 18.1 Å². The van der Waals surface area contributed by atoms with Gasteiger partial charge in [-0.25, -0.2) is 4.99 Å². The van der Waals surface area contributed by atoms with Gasteiger partial charge in [0.2, 0.25) is 5.91 Å². The van der Waals surface area contributed by atoms with Crippen LogP contribution in [0.5, 0.6) is 0 Å². The first-order valence-corrected chi connectivity index (χ1v) is 10.5. The van der Waals surface area contributed by atoms with E-state index in [1.807, 2.05) is 6.92 Å². The fourth-order valence-electron chi connectivity index (χ4n) is 2.51. The molecular weight excluding hydrogens is 378 g/mol. The van der Waals surface area contributed by atoms with Crippen LogP contribution in [0.1, 0.15) is 40.5 Å². The molecule has 0 aliphatic heterocycles. The van der Waals surface area contributed by atoms with Crippen molar-refractivity contribution in [2.24, 2.45) is 22.6 Å². The molecular formula is C20H35N3O4S. The third-order valence-corrected chi connectivity index (χ3v) is 4.56. The Morgan fingerprint density at radius 2 is 2.07 bits per heavy atom. The van der Waals surface area contributed by atoms with Crippen LogP contribution in [0.15, 0.2) is 29.4 Å². The molecule has 1 fully saturated rings. The fourth-order valence-corrected chi connectivity index (χ4v) is 3.15. The summed E-state index contributed by atoms with van der Waals surface area (Å²) in [5, 5.41) is 3.28. The predicted molar refractivity (Wildman–Crippen MR) is 115 cm³/mol. The summed E-state index contributed by atoms with van der Waals surface area (Å²) in [5.41, 5.74) is 6.39. The molecule has 1 saturated carbocycles. The zero-order chi connectivity index (χ0) is 20.9. The van der Waals surface area contributed by atoms with Gasteiger partial charge >= 0.3 is 0 Å². The molecule has 0 radical (unpaired) electrons. The molecule has 0 saturated heterocycles. The van der Waals surface area contributed by atoms with Gasteiger partial charge in [0.25, 0.3) is 5.23 Å². The molecule has 0 heterocycles. The summed E-state index contributed by atoms with van der Waals surface area (Å²) in [6, 6.07) is 0.0283. The highest BCUT2D eigenvalue weighted by atomic mass is 32.2. The highest BCUT2D eigenvalue weighted by molar-refractivity contribution is 8.09. The number of aliphatic imine (C=N–C) groups is 1. The predicted octanol–water partition coefficient (Wildman–Crippen LogP) is 3.03. The summed E-state index contributed by atoms with van der Waals surface area (Å²) in [7, 11) is 0. The number of nitrogens with two attached hydrogens (primary N) is 1. The molecule has 8 heteroatoms. The number of amides is 1. The molecule has 1 aliphatic rings. The van der Waals surface area contributed by atoms with Crippen LogP contribution in [-0.4, -0.2) is 49.6 Å². The van der Waals surface area contributed by atoms with E-state index < -0.39 is 0 Å². The molecule has 1 rings (SSSR count). The van der Waals surface area contributed by atoms with Crippen molar-refractivity contribution in [3.63, 3.8) is 0 Å². The summed E-state index contributed by atoms with van der Waals surface area (Å²) in [4.78, 5) is 15.4. The van der Waals surface area contributed by atoms with Crippen molar-refractivity contribution in [2.45, 2.75) is 52.7 Å². The molecule has 7 nitrogen and oxygen atoms in total. The van der Waals surface area contributed by atoms with Gasteiger partial charge in [-0.05, 0) is 37.7 Å². The number of ether oxygens (including phenoxy) is 2. The highest BCUT2D eigenvalue weighted by Crippen LogP contribution is 2.31. The Labute approximate surface area is 173 Å². The van der Waals surface area contributed by atoms with E-state index in [1.165, 1.54) is 6.92 Å². The Kier molecular flexibility index (Phi) is 12.1. The summed E-state index contributed by atoms with van der Waals surface area (Å²) in [6.07, 6.45) is 5.56. The van der Waals surface area contributed by atoms with Gasteiger partial charge in [0.15, 0.2) is 0 Å². The lowest BCUT2D eigenvalue weighted by atomic mass is 9.83. The quantitative estimate of drug-likeness (QED) is 0.221. The van der Waals surface area contributed by atoms with Gasteiger partial charge in [-0.3, -0.25) is 4.79 Å². The van der Waals surface area contributed by atoms with Gasteiger partial charge < -0.3 is 24.7 Å². The van der Waals surface area contributed by atoms with Gasteiger partial charge in [-0.2, -0.15) is 0 Å². The van der Waals surface area contributed by atoms with Gasteiger partial charge in [-0.15, -0.1) is 0 Å². The fraction of sp³-hybridized carbons (Fsp3) is 0.700. The van der Waals surface area contributed by atoms with Crippen LogP contribution in [0.4, 0.5) is 0 Å². The van der Waals surface area contributed by atoms with Gasteiger partial charge in [0.05, 0.1) is 43.7 Å². The molecule has 0 bridgehead atoms. The number of hydrogen-bond acceptors (Lipinski definition) is 7. The Hall–Kier alpha value is -1.35. The average molecular weight is 414 g/mol. The topological polar surface area (TPSA) is 95.2 Å². The molecule has 3 N–H and O–H groups in total. The zero-order valence-corrected chi connectivity index (χ0v) is 18.3. The first-order valence-electron chi connectivity index (χ1n) is 9.75. The second kappa shape index (κ2) is 13.8. The molecule has 1 amide bonds. The lowest BCUT2D eigenvalue weighted by Gasteiger charge is -2.35. The van der Waals surface area contributed by atoms with Crippen molar-refractivity contribution < 1.29 is 18.5 Å². The SMILES string of the molecule is C=C/C=C(CN)/N=C(/OCC(C)C)SOC[C@H]1C[C@H](OC[C@H](C)NC(C)=O)C1. The minimum Gasteiger partial charge on any atom is -0.471 e. The minimum absolute atomic E-state index is 0.0283. The van der Waals surface area contributed by atoms with E-state index in [2.05, 4.69) is 30.7 Å². The number of carbonyl (C=O) groups is 1. The normalized spacial score (nSPS) is 21.2. The molecule has 0 aromatic heterocycles. The Bertz CT molecular complexity index is 546. The van der Waals surface area contributed by atoms with E-state index in [0.717, 1.165) is 24.9 Å². The lowest BCUT2D eigenvalue weighted by Crippen LogP contribution is -2.39. The molecule has 1 atom stereocenters. The lowest BCUT2D eigenvalue weighted by molar-refractivity contribution is -0.120. The molecule has 0 spiro atoms.